The van der Waals surface area contributed by atoms with Crippen molar-refractivity contribution in [3.8, 4) is 11.3 Å². The van der Waals surface area contributed by atoms with E-state index in [0.717, 1.165) is 11.3 Å². The predicted molar refractivity (Wildman–Crippen MR) is 103 cm³/mol. The van der Waals surface area contributed by atoms with E-state index in [1.165, 1.54) is 35.0 Å². The highest BCUT2D eigenvalue weighted by Gasteiger charge is 2.08. The van der Waals surface area contributed by atoms with E-state index in [0.29, 0.717) is 5.03 Å². The van der Waals surface area contributed by atoms with E-state index < -0.39 is 5.82 Å². The van der Waals surface area contributed by atoms with Gasteiger partial charge in [0.2, 0.25) is 5.91 Å². The van der Waals surface area contributed by atoms with Crippen LogP contribution in [0.5, 0.6) is 0 Å². The molecular weight excluding hydrogens is 349 g/mol. The molecule has 0 aliphatic carbocycles. The molecule has 1 amide bonds. The lowest BCUT2D eigenvalue weighted by molar-refractivity contribution is -0.113. The number of aryl methyl sites for hydroxylation is 2. The molecular formula is C20H18FN3OS. The summed E-state index contributed by atoms with van der Waals surface area (Å²) in [6, 6.07) is 15.9. The molecule has 132 valence electrons. The number of hydrogen-bond donors (Lipinski definition) is 1. The summed E-state index contributed by atoms with van der Waals surface area (Å²) >= 11 is 1.26. The average molecular weight is 367 g/mol. The van der Waals surface area contributed by atoms with Gasteiger partial charge in [0.05, 0.1) is 17.1 Å². The molecule has 0 bridgehead atoms. The number of halogens is 1. The van der Waals surface area contributed by atoms with Crippen LogP contribution in [0.2, 0.25) is 0 Å². The molecule has 1 aromatic heterocycles. The minimum absolute atomic E-state index is 0.131. The van der Waals surface area contributed by atoms with Gasteiger partial charge < -0.3 is 5.32 Å². The standard InChI is InChI=1S/C20H18FN3OS/c1-13-7-8-15(11-14(13)2)17-9-10-20(24-23-17)26-12-19(25)22-18-6-4-3-5-16(18)21/h3-11H,12H2,1-2H3,(H,22,25). The molecule has 0 saturated carbocycles. The Kier molecular flexibility index (Phi) is 5.63. The summed E-state index contributed by atoms with van der Waals surface area (Å²) in [6.07, 6.45) is 0. The van der Waals surface area contributed by atoms with E-state index in [1.807, 2.05) is 18.2 Å². The van der Waals surface area contributed by atoms with Crippen LogP contribution in [0.4, 0.5) is 10.1 Å². The summed E-state index contributed by atoms with van der Waals surface area (Å²) in [6.45, 7) is 4.13. The Hall–Kier alpha value is -2.73. The first-order valence-electron chi connectivity index (χ1n) is 8.11. The Morgan fingerprint density at radius 2 is 1.85 bits per heavy atom. The fourth-order valence-corrected chi connectivity index (χ4v) is 2.95. The fraction of sp³-hybridized carbons (Fsp3) is 0.150. The maximum Gasteiger partial charge on any atom is 0.234 e. The van der Waals surface area contributed by atoms with Crippen molar-refractivity contribution in [1.29, 1.82) is 0 Å². The summed E-state index contributed by atoms with van der Waals surface area (Å²) in [5.74, 6) is -0.616. The molecule has 0 unspecified atom stereocenters. The van der Waals surface area contributed by atoms with Crippen molar-refractivity contribution in [3.05, 3.63) is 71.5 Å². The van der Waals surface area contributed by atoms with Crippen molar-refractivity contribution in [3.63, 3.8) is 0 Å². The maximum absolute atomic E-state index is 13.5. The van der Waals surface area contributed by atoms with Crippen molar-refractivity contribution in [2.75, 3.05) is 11.1 Å². The van der Waals surface area contributed by atoms with Crippen LogP contribution in [0.1, 0.15) is 11.1 Å². The lowest BCUT2D eigenvalue weighted by atomic mass is 10.0. The van der Waals surface area contributed by atoms with Gasteiger partial charge in [-0.1, -0.05) is 36.0 Å². The third-order valence-corrected chi connectivity index (χ3v) is 4.86. The van der Waals surface area contributed by atoms with Crippen molar-refractivity contribution >= 4 is 23.4 Å². The first kappa shape index (κ1) is 18.1. The summed E-state index contributed by atoms with van der Waals surface area (Å²) in [4.78, 5) is 11.9. The number of para-hydroxylation sites is 1. The van der Waals surface area contributed by atoms with Crippen LogP contribution in [0.15, 0.2) is 59.6 Å². The lowest BCUT2D eigenvalue weighted by Gasteiger charge is -2.06. The highest BCUT2D eigenvalue weighted by atomic mass is 32.2. The van der Waals surface area contributed by atoms with Crippen molar-refractivity contribution < 1.29 is 9.18 Å². The number of hydrogen-bond acceptors (Lipinski definition) is 4. The Bertz CT molecular complexity index is 929. The zero-order valence-electron chi connectivity index (χ0n) is 14.5. The van der Waals surface area contributed by atoms with Gasteiger partial charge in [0, 0.05) is 5.56 Å². The maximum atomic E-state index is 13.5. The molecule has 1 heterocycles. The van der Waals surface area contributed by atoms with Crippen LogP contribution in [-0.2, 0) is 4.79 Å². The van der Waals surface area contributed by atoms with E-state index in [1.54, 1.807) is 12.1 Å². The molecule has 6 heteroatoms. The molecule has 0 aliphatic rings. The molecule has 0 aliphatic heterocycles. The molecule has 0 radical (unpaired) electrons. The van der Waals surface area contributed by atoms with E-state index in [-0.39, 0.29) is 17.3 Å². The first-order valence-corrected chi connectivity index (χ1v) is 9.10. The second kappa shape index (κ2) is 8.10. The summed E-state index contributed by atoms with van der Waals surface area (Å²) in [5.41, 5.74) is 4.40. The van der Waals surface area contributed by atoms with Crippen LogP contribution in [0.3, 0.4) is 0 Å². The molecule has 3 aromatic rings. The predicted octanol–water partition coefficient (Wildman–Crippen LogP) is 4.63. The molecule has 4 nitrogen and oxygen atoms in total. The molecule has 1 N–H and O–H groups in total. The Morgan fingerprint density at radius 3 is 2.54 bits per heavy atom. The molecule has 0 saturated heterocycles. The highest BCUT2D eigenvalue weighted by molar-refractivity contribution is 7.99. The normalized spacial score (nSPS) is 10.6. The fourth-order valence-electron chi connectivity index (χ4n) is 2.34. The van der Waals surface area contributed by atoms with Gasteiger partial charge in [-0.3, -0.25) is 4.79 Å². The topological polar surface area (TPSA) is 54.9 Å². The second-order valence-corrected chi connectivity index (χ2v) is 6.87. The van der Waals surface area contributed by atoms with Gasteiger partial charge in [0.25, 0.3) is 0 Å². The number of carbonyl (C=O) groups excluding carboxylic acids is 1. The van der Waals surface area contributed by atoms with Crippen molar-refractivity contribution in [2.24, 2.45) is 0 Å². The zero-order valence-corrected chi connectivity index (χ0v) is 15.3. The minimum Gasteiger partial charge on any atom is -0.323 e. The van der Waals surface area contributed by atoms with Gasteiger partial charge in [0.15, 0.2) is 0 Å². The average Bonchev–Trinajstić information content (AvgIpc) is 2.65. The van der Waals surface area contributed by atoms with Gasteiger partial charge in [-0.15, -0.1) is 10.2 Å². The lowest BCUT2D eigenvalue weighted by Crippen LogP contribution is -2.15. The number of nitrogens with one attached hydrogen (secondary N) is 1. The summed E-state index contributed by atoms with van der Waals surface area (Å²) in [5, 5.41) is 11.6. The number of carbonyl (C=O) groups is 1. The van der Waals surface area contributed by atoms with Crippen LogP contribution in [0.25, 0.3) is 11.3 Å². The SMILES string of the molecule is Cc1ccc(-c2ccc(SCC(=O)Nc3ccccc3F)nn2)cc1C. The molecule has 26 heavy (non-hydrogen) atoms. The molecule has 0 spiro atoms. The van der Waals surface area contributed by atoms with Crippen LogP contribution in [-0.4, -0.2) is 21.9 Å². The first-order chi connectivity index (χ1) is 12.5. The van der Waals surface area contributed by atoms with E-state index in [2.05, 4.69) is 41.5 Å². The van der Waals surface area contributed by atoms with Gasteiger partial charge >= 0.3 is 0 Å². The number of nitrogens with zero attached hydrogens (tertiary/aromatic N) is 2. The minimum atomic E-state index is -0.455. The number of benzene rings is 2. The smallest absolute Gasteiger partial charge is 0.234 e. The van der Waals surface area contributed by atoms with Gasteiger partial charge in [-0.25, -0.2) is 4.39 Å². The van der Waals surface area contributed by atoms with E-state index in [9.17, 15) is 9.18 Å². The highest BCUT2D eigenvalue weighted by Crippen LogP contribution is 2.22. The summed E-state index contributed by atoms with van der Waals surface area (Å²) < 4.78 is 13.5. The monoisotopic (exact) mass is 367 g/mol. The van der Waals surface area contributed by atoms with E-state index in [4.69, 9.17) is 0 Å². The number of amides is 1. The van der Waals surface area contributed by atoms with E-state index >= 15 is 0 Å². The number of anilines is 1. The quantitative estimate of drug-likeness (QED) is 0.668. The third kappa shape index (κ3) is 4.46. The second-order valence-electron chi connectivity index (χ2n) is 5.87. The van der Waals surface area contributed by atoms with Crippen molar-refractivity contribution in [2.45, 2.75) is 18.9 Å². The van der Waals surface area contributed by atoms with Gasteiger partial charge in [-0.05, 0) is 55.3 Å². The molecule has 0 fully saturated rings. The van der Waals surface area contributed by atoms with Crippen LogP contribution >= 0.6 is 11.8 Å². The number of thioether (sulfide) groups is 1. The molecule has 2 aromatic carbocycles. The summed E-state index contributed by atoms with van der Waals surface area (Å²) in [7, 11) is 0. The Morgan fingerprint density at radius 1 is 1.04 bits per heavy atom. The molecule has 0 atom stereocenters. The number of aromatic nitrogens is 2. The molecule has 3 rings (SSSR count). The number of rotatable bonds is 5. The largest absolute Gasteiger partial charge is 0.323 e. The Balaban J connectivity index is 1.60. The van der Waals surface area contributed by atoms with Gasteiger partial charge in [0.1, 0.15) is 10.8 Å². The van der Waals surface area contributed by atoms with Gasteiger partial charge in [-0.2, -0.15) is 0 Å². The third-order valence-electron chi connectivity index (χ3n) is 3.94. The van der Waals surface area contributed by atoms with Crippen LogP contribution in [0, 0.1) is 19.7 Å². The van der Waals surface area contributed by atoms with Crippen molar-refractivity contribution in [1.82, 2.24) is 10.2 Å². The van der Waals surface area contributed by atoms with Crippen LogP contribution < -0.4 is 5.32 Å². The Labute approximate surface area is 155 Å². The zero-order chi connectivity index (χ0) is 18.5.